The highest BCUT2D eigenvalue weighted by atomic mass is 31.2. The van der Waals surface area contributed by atoms with Crippen LogP contribution in [0.3, 0.4) is 0 Å². The molecule has 0 atom stereocenters. The number of aryl methyl sites for hydroxylation is 1. The molecular formula is C17H25O5P. The maximum atomic E-state index is 12.3. The second-order valence-electron chi connectivity index (χ2n) is 5.91. The van der Waals surface area contributed by atoms with Gasteiger partial charge in [0, 0.05) is 26.7 Å². The van der Waals surface area contributed by atoms with E-state index in [1.54, 1.807) is 25.5 Å². The molecule has 0 fully saturated rings. The Kier molecular flexibility index (Phi) is 7.66. The van der Waals surface area contributed by atoms with Gasteiger partial charge in [-0.15, -0.1) is 0 Å². The van der Waals surface area contributed by atoms with Crippen molar-refractivity contribution in [3.8, 4) is 5.75 Å². The zero-order chi connectivity index (χ0) is 17.5. The van der Waals surface area contributed by atoms with Crippen LogP contribution < -0.4 is 4.74 Å². The average molecular weight is 340 g/mol. The summed E-state index contributed by atoms with van der Waals surface area (Å²) in [6, 6.07) is 5.22. The van der Waals surface area contributed by atoms with Crippen molar-refractivity contribution in [3.05, 3.63) is 29.3 Å². The summed E-state index contributed by atoms with van der Waals surface area (Å²) in [5, 5.41) is 0. The highest BCUT2D eigenvalue weighted by Gasteiger charge is 2.14. The fourth-order valence-electron chi connectivity index (χ4n) is 2.08. The van der Waals surface area contributed by atoms with Crippen LogP contribution in [0.25, 0.3) is 0 Å². The highest BCUT2D eigenvalue weighted by molar-refractivity contribution is 7.57. The molecule has 0 heterocycles. The minimum absolute atomic E-state index is 0.0428. The molecule has 1 aromatic carbocycles. The average Bonchev–Trinajstić information content (AvgIpc) is 2.40. The zero-order valence-electron chi connectivity index (χ0n) is 14.3. The Labute approximate surface area is 137 Å². The van der Waals surface area contributed by atoms with E-state index in [2.05, 4.69) is 0 Å². The van der Waals surface area contributed by atoms with Gasteiger partial charge in [0.15, 0.2) is 13.2 Å². The summed E-state index contributed by atoms with van der Waals surface area (Å²) in [4.78, 5) is 23.4. The summed E-state index contributed by atoms with van der Waals surface area (Å²) in [5.74, 6) is -0.159. The Morgan fingerprint density at radius 1 is 1.13 bits per heavy atom. The molecule has 1 rings (SSSR count). The fourth-order valence-corrected chi connectivity index (χ4v) is 2.65. The number of hydrogen-bond acceptors (Lipinski definition) is 5. The van der Waals surface area contributed by atoms with Crippen LogP contribution in [0, 0.1) is 6.92 Å². The lowest BCUT2D eigenvalue weighted by atomic mass is 10.0. The van der Waals surface area contributed by atoms with Crippen LogP contribution in [-0.4, -0.2) is 31.7 Å². The monoisotopic (exact) mass is 340 g/mol. The van der Waals surface area contributed by atoms with E-state index in [-0.39, 0.29) is 5.78 Å². The number of ether oxygens (including phenoxy) is 1. The Hall–Kier alpha value is -1.45. The van der Waals surface area contributed by atoms with Crippen molar-refractivity contribution in [2.45, 2.75) is 39.5 Å². The molecule has 0 bridgehead atoms. The first-order valence-electron chi connectivity index (χ1n) is 7.71. The van der Waals surface area contributed by atoms with E-state index < -0.39 is 13.3 Å². The van der Waals surface area contributed by atoms with Crippen molar-refractivity contribution in [1.29, 1.82) is 0 Å². The normalized spacial score (nSPS) is 11.3. The quantitative estimate of drug-likeness (QED) is 0.221. The van der Waals surface area contributed by atoms with Gasteiger partial charge < -0.3 is 9.26 Å². The number of Topliss-reactive ketones (excluding diaryl/α,β-unsaturated/α-hetero) is 1. The van der Waals surface area contributed by atoms with Crippen molar-refractivity contribution >= 4 is 19.1 Å². The molecule has 0 saturated heterocycles. The maximum absolute atomic E-state index is 12.3. The zero-order valence-corrected chi connectivity index (χ0v) is 15.2. The third-order valence-corrected chi connectivity index (χ3v) is 3.95. The van der Waals surface area contributed by atoms with Crippen molar-refractivity contribution in [1.82, 2.24) is 0 Å². The van der Waals surface area contributed by atoms with Crippen molar-refractivity contribution in [2.24, 2.45) is 0 Å². The molecule has 0 radical (unpaired) electrons. The van der Waals surface area contributed by atoms with Crippen LogP contribution in [0.5, 0.6) is 5.75 Å². The fraction of sp³-hybridized carbons (Fsp3) is 0.529. The van der Waals surface area contributed by atoms with Gasteiger partial charge in [-0.25, -0.2) is 0 Å². The van der Waals surface area contributed by atoms with E-state index in [0.717, 1.165) is 18.4 Å². The van der Waals surface area contributed by atoms with E-state index >= 15 is 0 Å². The number of rotatable bonds is 9. The number of ketones is 1. The summed E-state index contributed by atoms with van der Waals surface area (Å²) in [5.41, 5.74) is 1.37. The molecule has 128 valence electrons. The molecule has 0 N–H and O–H groups in total. The minimum Gasteiger partial charge on any atom is -0.426 e. The van der Waals surface area contributed by atoms with Crippen molar-refractivity contribution in [3.63, 3.8) is 0 Å². The van der Waals surface area contributed by atoms with E-state index in [9.17, 15) is 14.2 Å². The number of esters is 1. The van der Waals surface area contributed by atoms with Gasteiger partial charge in [-0.05, 0) is 37.5 Å². The number of carbonyl (C=O) groups excluding carboxylic acids is 2. The van der Waals surface area contributed by atoms with Gasteiger partial charge in [0.25, 0.3) is 0 Å². The van der Waals surface area contributed by atoms with Gasteiger partial charge in [0.1, 0.15) is 5.75 Å². The summed E-state index contributed by atoms with van der Waals surface area (Å²) >= 11 is 0. The Bertz CT molecular complexity index is 603. The van der Waals surface area contributed by atoms with Gasteiger partial charge in [0.2, 0.25) is 0 Å². The lowest BCUT2D eigenvalue weighted by Gasteiger charge is -2.10. The van der Waals surface area contributed by atoms with Crippen LogP contribution in [0.4, 0.5) is 0 Å². The summed E-state index contributed by atoms with van der Waals surface area (Å²) in [6.07, 6.45) is 2.69. The minimum atomic E-state index is -2.42. The molecule has 1 aromatic rings. The molecule has 23 heavy (non-hydrogen) atoms. The summed E-state index contributed by atoms with van der Waals surface area (Å²) in [7, 11) is -2.42. The van der Waals surface area contributed by atoms with E-state index in [1.165, 1.54) is 6.92 Å². The van der Waals surface area contributed by atoms with Gasteiger partial charge in [-0.3, -0.25) is 14.2 Å². The van der Waals surface area contributed by atoms with Gasteiger partial charge >= 0.3 is 5.97 Å². The first kappa shape index (κ1) is 19.6. The Morgan fingerprint density at radius 3 is 2.43 bits per heavy atom. The highest BCUT2D eigenvalue weighted by Crippen LogP contribution is 2.37. The van der Waals surface area contributed by atoms with Crippen LogP contribution >= 0.6 is 7.37 Å². The summed E-state index contributed by atoms with van der Waals surface area (Å²) < 4.78 is 21.7. The third-order valence-electron chi connectivity index (χ3n) is 3.14. The molecule has 5 nitrogen and oxygen atoms in total. The molecule has 0 aliphatic rings. The smallest absolute Gasteiger partial charge is 0.308 e. The number of hydrogen-bond donors (Lipinski definition) is 0. The lowest BCUT2D eigenvalue weighted by molar-refractivity contribution is -0.131. The SMILES string of the molecule is CC(=O)Oc1cc(C)ccc1C(=O)CCCCCOP(C)(C)=O. The number of carbonyl (C=O) groups is 2. The van der Waals surface area contributed by atoms with Crippen LogP contribution in [0.1, 0.15) is 48.5 Å². The van der Waals surface area contributed by atoms with Gasteiger partial charge in [-0.2, -0.15) is 0 Å². The van der Waals surface area contributed by atoms with E-state index in [1.807, 2.05) is 13.0 Å². The molecule has 0 spiro atoms. The second kappa shape index (κ2) is 8.99. The largest absolute Gasteiger partial charge is 0.426 e. The molecule has 0 amide bonds. The molecular weight excluding hydrogens is 315 g/mol. The number of benzene rings is 1. The van der Waals surface area contributed by atoms with Gasteiger partial charge in [-0.1, -0.05) is 12.5 Å². The first-order valence-corrected chi connectivity index (χ1v) is 10.2. The molecule has 0 aromatic heterocycles. The third kappa shape index (κ3) is 8.10. The predicted octanol–water partition coefficient (Wildman–Crippen LogP) is 4.22. The molecule has 6 heteroatoms. The topological polar surface area (TPSA) is 69.7 Å². The van der Waals surface area contributed by atoms with Crippen LogP contribution in [0.15, 0.2) is 18.2 Å². The molecule has 0 aliphatic heterocycles. The maximum Gasteiger partial charge on any atom is 0.308 e. The summed E-state index contributed by atoms with van der Waals surface area (Å²) in [6.45, 7) is 6.81. The number of unbranched alkanes of at least 4 members (excludes halogenated alkanes) is 2. The first-order chi connectivity index (χ1) is 10.7. The Balaban J connectivity index is 2.49. The standard InChI is InChI=1S/C17H25O5P/c1-13-9-10-15(17(12-13)22-14(2)18)16(19)8-6-5-7-11-21-23(3,4)20/h9-10,12H,5-8,11H2,1-4H3. The van der Waals surface area contributed by atoms with E-state index in [0.29, 0.717) is 30.8 Å². The van der Waals surface area contributed by atoms with Crippen molar-refractivity contribution in [2.75, 3.05) is 19.9 Å². The predicted molar refractivity (Wildman–Crippen MR) is 90.7 cm³/mol. The molecule has 0 aliphatic carbocycles. The van der Waals surface area contributed by atoms with Crippen LogP contribution in [0.2, 0.25) is 0 Å². The molecule has 0 unspecified atom stereocenters. The Morgan fingerprint density at radius 2 is 1.83 bits per heavy atom. The van der Waals surface area contributed by atoms with Crippen molar-refractivity contribution < 1.29 is 23.4 Å². The van der Waals surface area contributed by atoms with E-state index in [4.69, 9.17) is 9.26 Å². The second-order valence-corrected chi connectivity index (χ2v) is 8.67. The van der Waals surface area contributed by atoms with Gasteiger partial charge in [0.05, 0.1) is 12.2 Å². The van der Waals surface area contributed by atoms with Crippen LogP contribution in [-0.2, 0) is 13.9 Å². The lowest BCUT2D eigenvalue weighted by Crippen LogP contribution is -2.08. The molecule has 0 saturated carbocycles.